The average molecular weight is 1270 g/mol. The van der Waals surface area contributed by atoms with E-state index < -0.39 is 0 Å². The lowest BCUT2D eigenvalue weighted by molar-refractivity contribution is 1.07. The first-order chi connectivity index (χ1) is 49.6. The molecule has 466 valence electrons. The molecule has 0 fully saturated rings. The number of benzene rings is 15. The topological polar surface area (TPSA) is 58.4 Å². The Bertz CT molecular complexity index is 6620. The zero-order valence-corrected chi connectivity index (χ0v) is 54.2. The van der Waals surface area contributed by atoms with Gasteiger partial charge in [0.2, 0.25) is 0 Å². The van der Waals surface area contributed by atoms with E-state index in [1.165, 1.54) is 81.8 Å². The van der Waals surface area contributed by atoms with Crippen LogP contribution in [0, 0.1) is 0 Å². The highest BCUT2D eigenvalue weighted by atomic mass is 15.0. The molecule has 0 radical (unpaired) electrons. The second-order valence-corrected chi connectivity index (χ2v) is 25.9. The summed E-state index contributed by atoms with van der Waals surface area (Å²) < 4.78 is 9.51. The fourth-order valence-electron chi connectivity index (χ4n) is 15.6. The van der Waals surface area contributed by atoms with Gasteiger partial charge in [-0.3, -0.25) is 0 Å². The van der Waals surface area contributed by atoms with Crippen molar-refractivity contribution in [2.45, 2.75) is 0 Å². The zero-order valence-electron chi connectivity index (χ0n) is 54.2. The van der Waals surface area contributed by atoms with Crippen molar-refractivity contribution in [1.82, 2.24) is 33.2 Å². The van der Waals surface area contributed by atoms with Crippen LogP contribution in [-0.4, -0.2) is 33.2 Å². The van der Waals surface area contributed by atoms with Crippen molar-refractivity contribution in [3.63, 3.8) is 0 Å². The van der Waals surface area contributed by atoms with E-state index in [9.17, 15) is 0 Å². The first-order valence-electron chi connectivity index (χ1n) is 34.1. The number of hydrogen-bond acceptors (Lipinski definition) is 3. The zero-order chi connectivity index (χ0) is 65.8. The molecule has 5 aromatic heterocycles. The molecule has 0 aliphatic heterocycles. The van der Waals surface area contributed by atoms with Gasteiger partial charge in [0.15, 0.2) is 17.5 Å². The Balaban J connectivity index is 0.706. The molecule has 0 spiro atoms. The van der Waals surface area contributed by atoms with Gasteiger partial charge in [-0.15, -0.1) is 0 Å². The molecule has 0 aliphatic carbocycles. The summed E-state index contributed by atoms with van der Waals surface area (Å²) in [6, 6.07) is 129. The van der Waals surface area contributed by atoms with Crippen molar-refractivity contribution in [1.29, 1.82) is 0 Å². The Morgan fingerprint density at radius 1 is 0.150 bits per heavy atom. The van der Waals surface area contributed by atoms with E-state index in [1.807, 2.05) is 0 Å². The minimum atomic E-state index is 0.571. The SMILES string of the molecule is c1ccc(-c2ccc(-c3ccccc3)c(-c3nc(-c4ccc(-n5c6ccccc6c6cc(-c7ccc8c(c7)c7ccccc7n8-c7ccccc7)ccc65)cc4)nc(-c4cccc(-n5c6ccccc6c6cc(-c7ccc8c(c7)c7ccccc7n8-c7ccccc7)ccc65)c4)n3)c2)cc1. The smallest absolute Gasteiger partial charge is 0.164 e. The predicted molar refractivity (Wildman–Crippen MR) is 415 cm³/mol. The fourth-order valence-corrected chi connectivity index (χ4v) is 15.6. The third-order valence-corrected chi connectivity index (χ3v) is 20.2. The van der Waals surface area contributed by atoms with E-state index in [0.717, 1.165) is 89.3 Å². The third-order valence-electron chi connectivity index (χ3n) is 20.2. The molecule has 0 saturated carbocycles. The molecule has 0 N–H and O–H groups in total. The lowest BCUT2D eigenvalue weighted by Gasteiger charge is -2.15. The van der Waals surface area contributed by atoms with Crippen LogP contribution in [0.15, 0.2) is 358 Å². The minimum absolute atomic E-state index is 0.571. The summed E-state index contributed by atoms with van der Waals surface area (Å²) >= 11 is 0. The van der Waals surface area contributed by atoms with Gasteiger partial charge < -0.3 is 18.3 Å². The highest BCUT2D eigenvalue weighted by Crippen LogP contribution is 2.43. The van der Waals surface area contributed by atoms with Crippen LogP contribution in [0.2, 0.25) is 0 Å². The Hall–Kier alpha value is -13.5. The molecule has 20 rings (SSSR count). The third kappa shape index (κ3) is 9.32. The number of aromatic nitrogens is 7. The largest absolute Gasteiger partial charge is 0.309 e. The van der Waals surface area contributed by atoms with Crippen molar-refractivity contribution in [2.75, 3.05) is 0 Å². The molecule has 0 aliphatic rings. The highest BCUT2D eigenvalue weighted by Gasteiger charge is 2.23. The Morgan fingerprint density at radius 2 is 0.450 bits per heavy atom. The number of fused-ring (bicyclic) bond motifs is 12. The fraction of sp³-hybridized carbons (Fsp3) is 0. The molecule has 20 aromatic rings. The number of para-hydroxylation sites is 6. The van der Waals surface area contributed by atoms with Gasteiger partial charge in [-0.05, 0) is 184 Å². The van der Waals surface area contributed by atoms with Crippen LogP contribution >= 0.6 is 0 Å². The molecular weight excluding hydrogens is 1220 g/mol. The summed E-state index contributed by atoms with van der Waals surface area (Å²) in [5, 5.41) is 9.65. The molecule has 0 saturated heterocycles. The van der Waals surface area contributed by atoms with E-state index in [0.29, 0.717) is 17.5 Å². The quantitative estimate of drug-likeness (QED) is 0.130. The maximum absolute atomic E-state index is 5.53. The summed E-state index contributed by atoms with van der Waals surface area (Å²) in [4.78, 5) is 16.5. The molecule has 0 atom stereocenters. The van der Waals surface area contributed by atoms with E-state index >= 15 is 0 Å². The Morgan fingerprint density at radius 3 is 0.890 bits per heavy atom. The Labute approximate surface area is 576 Å². The van der Waals surface area contributed by atoms with Crippen LogP contribution in [0.5, 0.6) is 0 Å². The maximum atomic E-state index is 5.53. The monoisotopic (exact) mass is 1270 g/mol. The van der Waals surface area contributed by atoms with E-state index in [4.69, 9.17) is 15.0 Å². The van der Waals surface area contributed by atoms with E-state index in [2.05, 4.69) is 376 Å². The van der Waals surface area contributed by atoms with Gasteiger partial charge in [-0.25, -0.2) is 15.0 Å². The van der Waals surface area contributed by atoms with E-state index in [1.54, 1.807) is 0 Å². The van der Waals surface area contributed by atoms with Crippen molar-refractivity contribution in [3.05, 3.63) is 358 Å². The molecule has 100 heavy (non-hydrogen) atoms. The van der Waals surface area contributed by atoms with Gasteiger partial charge in [0, 0.05) is 82.5 Å². The van der Waals surface area contributed by atoms with Crippen LogP contribution in [-0.2, 0) is 0 Å². The molecule has 0 amide bonds. The van der Waals surface area contributed by atoms with Crippen LogP contribution in [0.4, 0.5) is 0 Å². The van der Waals surface area contributed by atoms with Gasteiger partial charge in [0.1, 0.15) is 0 Å². The second kappa shape index (κ2) is 23.1. The summed E-state index contributed by atoms with van der Waals surface area (Å²) in [6.45, 7) is 0. The van der Waals surface area contributed by atoms with Gasteiger partial charge in [-0.1, -0.05) is 218 Å². The van der Waals surface area contributed by atoms with Crippen LogP contribution in [0.1, 0.15) is 0 Å². The van der Waals surface area contributed by atoms with Crippen molar-refractivity contribution in [2.24, 2.45) is 0 Å². The molecular formula is C93H59N7. The van der Waals surface area contributed by atoms with Gasteiger partial charge in [0.25, 0.3) is 0 Å². The predicted octanol–water partition coefficient (Wildman–Crippen LogP) is 23.9. The van der Waals surface area contributed by atoms with Gasteiger partial charge in [0.05, 0.1) is 44.1 Å². The van der Waals surface area contributed by atoms with E-state index in [-0.39, 0.29) is 0 Å². The molecule has 7 heteroatoms. The lowest BCUT2D eigenvalue weighted by Crippen LogP contribution is -2.02. The first kappa shape index (κ1) is 56.8. The molecule has 5 heterocycles. The number of nitrogens with zero attached hydrogens (tertiary/aromatic N) is 7. The molecule has 7 nitrogen and oxygen atoms in total. The van der Waals surface area contributed by atoms with Crippen molar-refractivity contribution >= 4 is 87.2 Å². The Kier molecular flexibility index (Phi) is 13.1. The van der Waals surface area contributed by atoms with Crippen molar-refractivity contribution < 1.29 is 0 Å². The first-order valence-corrected chi connectivity index (χ1v) is 34.1. The highest BCUT2D eigenvalue weighted by molar-refractivity contribution is 6.15. The maximum Gasteiger partial charge on any atom is 0.164 e. The van der Waals surface area contributed by atoms with Crippen LogP contribution in [0.3, 0.4) is 0 Å². The second-order valence-electron chi connectivity index (χ2n) is 25.9. The van der Waals surface area contributed by atoms with Crippen LogP contribution < -0.4 is 0 Å². The summed E-state index contributed by atoms with van der Waals surface area (Å²) in [5.41, 5.74) is 25.2. The summed E-state index contributed by atoms with van der Waals surface area (Å²) in [5.74, 6) is 1.73. The standard InChI is InChI=1S/C93H59N7/c1-5-22-60(23-6-1)63-42-49-73(61-24-7-2-8-25-61)82(59-63)93-95-91(62-40-47-71(48-41-62)99-85-38-19-15-34-76(85)80-57-66(45-52-89(80)99)64-43-50-87-78(55-64)74-32-13-17-36-83(74)97(87)69-27-9-3-10-28-69)94-92(96-93)68-26-21-31-72(54-68)100-86-39-20-16-35-77(86)81-58-67(46-53-90(81)100)65-44-51-88-79(56-65)75-33-14-18-37-84(75)98(88)70-29-11-4-12-30-70/h1-59H. The normalized spacial score (nSPS) is 11.8. The average Bonchev–Trinajstić information content (AvgIpc) is 1.60. The summed E-state index contributed by atoms with van der Waals surface area (Å²) in [7, 11) is 0. The van der Waals surface area contributed by atoms with Crippen LogP contribution in [0.25, 0.3) is 189 Å². The van der Waals surface area contributed by atoms with Gasteiger partial charge >= 0.3 is 0 Å². The number of hydrogen-bond donors (Lipinski definition) is 0. The minimum Gasteiger partial charge on any atom is -0.309 e. The number of rotatable bonds is 11. The molecule has 0 unspecified atom stereocenters. The molecule has 0 bridgehead atoms. The van der Waals surface area contributed by atoms with Gasteiger partial charge in [-0.2, -0.15) is 0 Å². The van der Waals surface area contributed by atoms with Crippen molar-refractivity contribution in [3.8, 4) is 101 Å². The summed E-state index contributed by atoms with van der Waals surface area (Å²) in [6.07, 6.45) is 0. The molecule has 15 aromatic carbocycles. The lowest BCUT2D eigenvalue weighted by atomic mass is 9.94.